The molecule has 0 bridgehead atoms. The van der Waals surface area contributed by atoms with E-state index < -0.39 is 43.2 Å². The maximum absolute atomic E-state index is 11.9. The lowest BCUT2D eigenvalue weighted by molar-refractivity contribution is -0.384. The average Bonchev–Trinajstić information content (AvgIpc) is 2.87. The first-order valence-electron chi connectivity index (χ1n) is 6.11. The Morgan fingerprint density at radius 1 is 1.57 bits per heavy atom. The molecule has 124 valence electrons. The molecule has 23 heavy (non-hydrogen) atoms. The Morgan fingerprint density at radius 3 is 2.70 bits per heavy atom. The van der Waals surface area contributed by atoms with Crippen LogP contribution in [0.15, 0.2) is 12.3 Å². The number of hydrogen-bond donors (Lipinski definition) is 0. The lowest BCUT2D eigenvalue weighted by Crippen LogP contribution is -2.28. The van der Waals surface area contributed by atoms with Gasteiger partial charge in [-0.2, -0.15) is 0 Å². The number of halogens is 1. The highest BCUT2D eigenvalue weighted by Gasteiger charge is 2.41. The van der Waals surface area contributed by atoms with Crippen LogP contribution in [-0.4, -0.2) is 49.1 Å². The SMILES string of the molecule is COC(=O)c1cnc(N2CC(S(=O)(=O)Cl)CC2=O)c([N+](=O)[O-])c1. The van der Waals surface area contributed by atoms with Crippen LogP contribution in [0.2, 0.25) is 0 Å². The third-order valence-electron chi connectivity index (χ3n) is 3.21. The van der Waals surface area contributed by atoms with Gasteiger partial charge in [0.05, 0.1) is 17.6 Å². The Bertz CT molecular complexity index is 795. The molecular formula is C11H10ClN3O7S. The average molecular weight is 364 g/mol. The minimum Gasteiger partial charge on any atom is -0.465 e. The number of carbonyl (C=O) groups is 2. The number of esters is 1. The molecule has 0 radical (unpaired) electrons. The highest BCUT2D eigenvalue weighted by Crippen LogP contribution is 2.32. The molecule has 0 aromatic carbocycles. The van der Waals surface area contributed by atoms with Crippen molar-refractivity contribution in [2.24, 2.45) is 0 Å². The first kappa shape index (κ1) is 17.1. The van der Waals surface area contributed by atoms with Gasteiger partial charge in [-0.25, -0.2) is 18.2 Å². The summed E-state index contributed by atoms with van der Waals surface area (Å²) in [5.74, 6) is -1.85. The number of hydrogen-bond acceptors (Lipinski definition) is 8. The molecule has 10 nitrogen and oxygen atoms in total. The number of nitro groups is 1. The van der Waals surface area contributed by atoms with Crippen LogP contribution in [0.1, 0.15) is 16.8 Å². The number of carbonyl (C=O) groups excluding carboxylic acids is 2. The molecule has 1 amide bonds. The first-order chi connectivity index (χ1) is 10.6. The van der Waals surface area contributed by atoms with Crippen molar-refractivity contribution in [3.8, 4) is 0 Å². The summed E-state index contributed by atoms with van der Waals surface area (Å²) in [5.41, 5.74) is -0.787. The largest absolute Gasteiger partial charge is 0.465 e. The summed E-state index contributed by atoms with van der Waals surface area (Å²) in [6, 6.07) is 0.907. The van der Waals surface area contributed by atoms with Crippen LogP contribution in [0, 0.1) is 10.1 Å². The van der Waals surface area contributed by atoms with Gasteiger partial charge < -0.3 is 4.74 Å². The van der Waals surface area contributed by atoms with Crippen molar-refractivity contribution in [3.05, 3.63) is 27.9 Å². The van der Waals surface area contributed by atoms with E-state index in [2.05, 4.69) is 9.72 Å². The zero-order valence-corrected chi connectivity index (χ0v) is 13.2. The Morgan fingerprint density at radius 2 is 2.22 bits per heavy atom. The topological polar surface area (TPSA) is 137 Å². The Kier molecular flexibility index (Phi) is 4.52. The molecule has 0 saturated carbocycles. The van der Waals surface area contributed by atoms with Crippen molar-refractivity contribution in [3.63, 3.8) is 0 Å². The zero-order chi connectivity index (χ0) is 17.4. The third-order valence-corrected chi connectivity index (χ3v) is 5.08. The summed E-state index contributed by atoms with van der Waals surface area (Å²) < 4.78 is 27.1. The fraction of sp³-hybridized carbons (Fsp3) is 0.364. The molecule has 2 rings (SSSR count). The van der Waals surface area contributed by atoms with E-state index in [4.69, 9.17) is 10.7 Å². The fourth-order valence-corrected chi connectivity index (χ4v) is 3.11. The minimum atomic E-state index is -4.00. The Balaban J connectivity index is 2.45. The summed E-state index contributed by atoms with van der Waals surface area (Å²) in [6.07, 6.45) is 0.605. The second-order valence-electron chi connectivity index (χ2n) is 4.62. The number of ether oxygens (including phenoxy) is 1. The second-order valence-corrected chi connectivity index (χ2v) is 7.53. The van der Waals surface area contributed by atoms with E-state index in [0.717, 1.165) is 24.3 Å². The predicted octanol–water partition coefficient (Wildman–Crippen LogP) is 0.450. The van der Waals surface area contributed by atoms with E-state index in [1.165, 1.54) is 0 Å². The number of pyridine rings is 1. The molecule has 1 saturated heterocycles. The number of amides is 1. The molecule has 0 N–H and O–H groups in total. The van der Waals surface area contributed by atoms with Gasteiger partial charge in [-0.05, 0) is 0 Å². The molecule has 0 aliphatic carbocycles. The molecule has 1 aromatic rings. The van der Waals surface area contributed by atoms with Gasteiger partial charge in [0.2, 0.25) is 20.8 Å². The number of aromatic nitrogens is 1. The minimum absolute atomic E-state index is 0.170. The summed E-state index contributed by atoms with van der Waals surface area (Å²) in [6.45, 7) is -0.351. The van der Waals surface area contributed by atoms with Crippen molar-refractivity contribution in [2.75, 3.05) is 18.6 Å². The quantitative estimate of drug-likeness (QED) is 0.325. The van der Waals surface area contributed by atoms with Gasteiger partial charge in [0, 0.05) is 35.9 Å². The normalized spacial score (nSPS) is 18.1. The van der Waals surface area contributed by atoms with Gasteiger partial charge in [-0.15, -0.1) is 0 Å². The van der Waals surface area contributed by atoms with Crippen molar-refractivity contribution in [1.82, 2.24) is 4.98 Å². The predicted molar refractivity (Wildman–Crippen MR) is 77.8 cm³/mol. The van der Waals surface area contributed by atoms with Crippen LogP contribution in [0.5, 0.6) is 0 Å². The maximum atomic E-state index is 11.9. The molecular weight excluding hydrogens is 354 g/mol. The van der Waals surface area contributed by atoms with Crippen molar-refractivity contribution < 1.29 is 27.7 Å². The van der Waals surface area contributed by atoms with Crippen LogP contribution < -0.4 is 4.90 Å². The van der Waals surface area contributed by atoms with E-state index in [9.17, 15) is 28.1 Å². The van der Waals surface area contributed by atoms with E-state index in [1.54, 1.807) is 0 Å². The van der Waals surface area contributed by atoms with E-state index in [1.807, 2.05) is 0 Å². The fourth-order valence-electron chi connectivity index (χ4n) is 2.09. The van der Waals surface area contributed by atoms with Crippen molar-refractivity contribution >= 4 is 43.1 Å². The number of nitrogens with zero attached hydrogens (tertiary/aromatic N) is 3. The molecule has 2 heterocycles. The molecule has 1 fully saturated rings. The van der Waals surface area contributed by atoms with Crippen LogP contribution >= 0.6 is 10.7 Å². The van der Waals surface area contributed by atoms with Crippen LogP contribution in [0.3, 0.4) is 0 Å². The van der Waals surface area contributed by atoms with Gasteiger partial charge in [-0.3, -0.25) is 19.8 Å². The standard InChI is InChI=1S/C11H10ClN3O7S/c1-22-11(17)6-2-8(15(18)19)10(13-4-6)14-5-7(3-9(14)16)23(12,20)21/h2,4,7H,3,5H2,1H3. The molecule has 1 aliphatic heterocycles. The summed E-state index contributed by atoms with van der Waals surface area (Å²) in [4.78, 5) is 38.3. The maximum Gasteiger partial charge on any atom is 0.339 e. The lowest BCUT2D eigenvalue weighted by atomic mass is 10.2. The Hall–Kier alpha value is -2.27. The zero-order valence-electron chi connectivity index (χ0n) is 11.6. The second kappa shape index (κ2) is 6.08. The molecule has 1 aromatic heterocycles. The van der Waals surface area contributed by atoms with Crippen molar-refractivity contribution in [1.29, 1.82) is 0 Å². The summed E-state index contributed by atoms with van der Waals surface area (Å²) in [5, 5.41) is 9.98. The smallest absolute Gasteiger partial charge is 0.339 e. The molecule has 1 unspecified atom stereocenters. The molecule has 12 heteroatoms. The number of rotatable bonds is 4. The van der Waals surface area contributed by atoms with Crippen LogP contribution in [-0.2, 0) is 18.6 Å². The molecule has 0 spiro atoms. The van der Waals surface area contributed by atoms with E-state index >= 15 is 0 Å². The van der Waals surface area contributed by atoms with Gasteiger partial charge in [0.1, 0.15) is 5.25 Å². The van der Waals surface area contributed by atoms with Gasteiger partial charge in [0.15, 0.2) is 0 Å². The summed E-state index contributed by atoms with van der Waals surface area (Å²) in [7, 11) is 2.33. The molecule has 1 atom stereocenters. The lowest BCUT2D eigenvalue weighted by Gasteiger charge is -2.15. The van der Waals surface area contributed by atoms with Gasteiger partial charge in [-0.1, -0.05) is 0 Å². The third kappa shape index (κ3) is 3.40. The molecule has 1 aliphatic rings. The van der Waals surface area contributed by atoms with Crippen LogP contribution in [0.25, 0.3) is 0 Å². The van der Waals surface area contributed by atoms with Crippen molar-refractivity contribution in [2.45, 2.75) is 11.7 Å². The van der Waals surface area contributed by atoms with Gasteiger partial charge in [0.25, 0.3) is 0 Å². The van der Waals surface area contributed by atoms with Gasteiger partial charge >= 0.3 is 11.7 Å². The monoisotopic (exact) mass is 363 g/mol. The van der Waals surface area contributed by atoms with Crippen LogP contribution in [0.4, 0.5) is 11.5 Å². The summed E-state index contributed by atoms with van der Waals surface area (Å²) >= 11 is 0. The number of anilines is 1. The van der Waals surface area contributed by atoms with E-state index in [0.29, 0.717) is 0 Å². The van der Waals surface area contributed by atoms with E-state index in [-0.39, 0.29) is 17.9 Å². The Labute approximate surface area is 134 Å². The highest BCUT2D eigenvalue weighted by atomic mass is 35.7. The highest BCUT2D eigenvalue weighted by molar-refractivity contribution is 8.14. The first-order valence-corrected chi connectivity index (χ1v) is 8.49. The number of methoxy groups -OCH3 is 1.